The van der Waals surface area contributed by atoms with Gasteiger partial charge in [-0.2, -0.15) is 0 Å². The van der Waals surface area contributed by atoms with Crippen LogP contribution in [0.4, 0.5) is 0 Å². The normalized spacial score (nSPS) is 12.5. The first-order valence-corrected chi connectivity index (χ1v) is 11.2. The summed E-state index contributed by atoms with van der Waals surface area (Å²) in [6, 6.07) is 6.18. The van der Waals surface area contributed by atoms with Crippen molar-refractivity contribution in [1.29, 1.82) is 0 Å². The molecule has 1 aromatic carbocycles. The van der Waals surface area contributed by atoms with Crippen molar-refractivity contribution in [2.75, 3.05) is 5.75 Å². The third-order valence-electron chi connectivity index (χ3n) is 4.41. The average Bonchev–Trinajstić information content (AvgIpc) is 2.55. The van der Waals surface area contributed by atoms with Crippen LogP contribution in [0.15, 0.2) is 18.2 Å². The van der Waals surface area contributed by atoms with Crippen molar-refractivity contribution in [3.8, 4) is 5.75 Å². The summed E-state index contributed by atoms with van der Waals surface area (Å²) >= 11 is 0. The van der Waals surface area contributed by atoms with E-state index in [1.54, 1.807) is 0 Å². The van der Waals surface area contributed by atoms with Crippen LogP contribution >= 0.6 is 0 Å². The van der Waals surface area contributed by atoms with E-state index in [0.717, 1.165) is 68.2 Å². The molecule has 0 radical (unpaired) electrons. The van der Waals surface area contributed by atoms with Gasteiger partial charge in [0.1, 0.15) is 11.9 Å². The van der Waals surface area contributed by atoms with Gasteiger partial charge in [-0.1, -0.05) is 64.7 Å². The molecule has 0 aliphatic carbocycles. The quantitative estimate of drug-likeness (QED) is 0.292. The predicted molar refractivity (Wildman–Crippen MR) is 102 cm³/mol. The Bertz CT molecular complexity index is 574. The molecule has 0 spiro atoms. The van der Waals surface area contributed by atoms with Crippen LogP contribution in [0.1, 0.15) is 76.8 Å². The van der Waals surface area contributed by atoms with E-state index in [1.807, 2.05) is 6.92 Å². The standard InChI is InChI=1S/C20H34O4S.Na/c1-4-7-9-12-17-14-11-15-18(13-10-8-5-2)20(17)24-19(6-3)16-25(21,22)23;/h11,14-15,19H,4-10,12-13,16H2,1-3H3,(H,21,22,23);/q;+1/p-1. The number of unbranched alkanes of at least 4 members (excludes halogenated alkanes) is 4. The first-order chi connectivity index (χ1) is 11.9. The molecule has 144 valence electrons. The zero-order chi connectivity index (χ0) is 18.7. The molecule has 0 bridgehead atoms. The van der Waals surface area contributed by atoms with E-state index in [2.05, 4.69) is 32.0 Å². The molecule has 26 heavy (non-hydrogen) atoms. The predicted octanol–water partition coefficient (Wildman–Crippen LogP) is 1.86. The fourth-order valence-electron chi connectivity index (χ4n) is 2.94. The fraction of sp³-hybridized carbons (Fsp3) is 0.700. The first kappa shape index (κ1) is 25.9. The molecule has 1 atom stereocenters. The zero-order valence-corrected chi connectivity index (χ0v) is 19.7. The van der Waals surface area contributed by atoms with Crippen LogP contribution in [0, 0.1) is 0 Å². The fourth-order valence-corrected chi connectivity index (χ4v) is 3.70. The molecule has 0 aliphatic heterocycles. The summed E-state index contributed by atoms with van der Waals surface area (Å²) in [6.07, 6.45) is 8.55. The van der Waals surface area contributed by atoms with E-state index in [-0.39, 0.29) is 29.6 Å². The van der Waals surface area contributed by atoms with Crippen LogP contribution in [0.5, 0.6) is 5.75 Å². The minimum atomic E-state index is -4.30. The van der Waals surface area contributed by atoms with Gasteiger partial charge in [0.2, 0.25) is 0 Å². The summed E-state index contributed by atoms with van der Waals surface area (Å²) in [5.41, 5.74) is 2.26. The second-order valence-corrected chi connectivity index (χ2v) is 8.14. The van der Waals surface area contributed by atoms with Gasteiger partial charge >= 0.3 is 29.6 Å². The summed E-state index contributed by atoms with van der Waals surface area (Å²) in [5, 5.41) is 0. The third kappa shape index (κ3) is 10.3. The smallest absolute Gasteiger partial charge is 0.748 e. The van der Waals surface area contributed by atoms with Crippen molar-refractivity contribution in [2.45, 2.75) is 84.7 Å². The van der Waals surface area contributed by atoms with Crippen LogP contribution in [-0.2, 0) is 23.0 Å². The molecule has 0 N–H and O–H groups in total. The van der Waals surface area contributed by atoms with Gasteiger partial charge in [0.15, 0.2) is 0 Å². The number of benzene rings is 1. The van der Waals surface area contributed by atoms with Crippen molar-refractivity contribution in [3.05, 3.63) is 29.3 Å². The molecule has 6 heteroatoms. The van der Waals surface area contributed by atoms with Gasteiger partial charge in [0.05, 0.1) is 15.9 Å². The molecule has 0 saturated heterocycles. The maximum absolute atomic E-state index is 11.1. The van der Waals surface area contributed by atoms with E-state index in [0.29, 0.717) is 6.42 Å². The molecule has 0 aliphatic rings. The maximum Gasteiger partial charge on any atom is 1.00 e. The van der Waals surface area contributed by atoms with E-state index < -0.39 is 22.0 Å². The largest absolute Gasteiger partial charge is 1.00 e. The van der Waals surface area contributed by atoms with Crippen LogP contribution in [0.2, 0.25) is 0 Å². The number of hydrogen-bond acceptors (Lipinski definition) is 4. The van der Waals surface area contributed by atoms with Crippen molar-refractivity contribution >= 4 is 10.1 Å². The van der Waals surface area contributed by atoms with E-state index in [9.17, 15) is 13.0 Å². The number of rotatable bonds is 13. The molecule has 1 unspecified atom stereocenters. The van der Waals surface area contributed by atoms with Gasteiger partial charge in [0, 0.05) is 0 Å². The Labute approximate surface area is 182 Å². The summed E-state index contributed by atoms with van der Waals surface area (Å²) in [5.74, 6) is 0.339. The molecular formula is C20H33NaO4S. The third-order valence-corrected chi connectivity index (χ3v) is 5.19. The topological polar surface area (TPSA) is 66.4 Å². The van der Waals surface area contributed by atoms with Crippen molar-refractivity contribution in [3.63, 3.8) is 0 Å². The van der Waals surface area contributed by atoms with Gasteiger partial charge in [0.25, 0.3) is 0 Å². The molecule has 0 aromatic heterocycles. The van der Waals surface area contributed by atoms with Crippen LogP contribution in [0.25, 0.3) is 0 Å². The number of aryl methyl sites for hydroxylation is 2. The Morgan fingerprint density at radius 1 is 0.962 bits per heavy atom. The molecule has 1 rings (SSSR count). The Balaban J connectivity index is 0.00000625. The van der Waals surface area contributed by atoms with Gasteiger partial charge in [-0.3, -0.25) is 0 Å². The number of ether oxygens (including phenoxy) is 1. The molecule has 0 amide bonds. The number of para-hydroxylation sites is 1. The Hall–Kier alpha value is -0.0700. The SMILES string of the molecule is CCCCCc1cccc(CCCCC)c1OC(CC)CS(=O)(=O)[O-].[Na+]. The second kappa shape index (κ2) is 14.0. The molecule has 1 aromatic rings. The zero-order valence-electron chi connectivity index (χ0n) is 16.9. The average molecular weight is 393 g/mol. The van der Waals surface area contributed by atoms with Crippen LogP contribution in [-0.4, -0.2) is 24.8 Å². The molecule has 4 nitrogen and oxygen atoms in total. The van der Waals surface area contributed by atoms with Gasteiger partial charge in [-0.15, -0.1) is 0 Å². The Morgan fingerprint density at radius 3 is 1.85 bits per heavy atom. The molecule has 0 heterocycles. The van der Waals surface area contributed by atoms with E-state index in [1.165, 1.54) is 0 Å². The second-order valence-electron chi connectivity index (χ2n) is 6.69. The van der Waals surface area contributed by atoms with Gasteiger partial charge in [-0.25, -0.2) is 8.42 Å². The maximum atomic E-state index is 11.1. The monoisotopic (exact) mass is 392 g/mol. The van der Waals surface area contributed by atoms with Crippen molar-refractivity contribution in [2.24, 2.45) is 0 Å². The van der Waals surface area contributed by atoms with Crippen LogP contribution < -0.4 is 34.3 Å². The Kier molecular flexibility index (Phi) is 14.0. The summed E-state index contributed by atoms with van der Waals surface area (Å²) < 4.78 is 39.5. The molecule has 0 saturated carbocycles. The van der Waals surface area contributed by atoms with E-state index in [4.69, 9.17) is 4.74 Å². The summed E-state index contributed by atoms with van der Waals surface area (Å²) in [4.78, 5) is 0. The minimum absolute atomic E-state index is 0. The molecular weight excluding hydrogens is 359 g/mol. The Morgan fingerprint density at radius 2 is 1.46 bits per heavy atom. The molecule has 0 fully saturated rings. The minimum Gasteiger partial charge on any atom is -0.748 e. The van der Waals surface area contributed by atoms with Crippen LogP contribution in [0.3, 0.4) is 0 Å². The van der Waals surface area contributed by atoms with Gasteiger partial charge < -0.3 is 9.29 Å². The van der Waals surface area contributed by atoms with E-state index >= 15 is 0 Å². The summed E-state index contributed by atoms with van der Waals surface area (Å²) in [7, 11) is -4.30. The first-order valence-electron chi connectivity index (χ1n) is 9.62. The van der Waals surface area contributed by atoms with Gasteiger partial charge in [-0.05, 0) is 43.2 Å². The number of hydrogen-bond donors (Lipinski definition) is 0. The van der Waals surface area contributed by atoms with Crippen molar-refractivity contribution in [1.82, 2.24) is 0 Å². The summed E-state index contributed by atoms with van der Waals surface area (Å²) in [6.45, 7) is 6.20. The van der Waals surface area contributed by atoms with Crippen molar-refractivity contribution < 1.29 is 47.3 Å².